The molecule has 45 heavy (non-hydrogen) atoms. The van der Waals surface area contributed by atoms with E-state index >= 15 is 0 Å². The average Bonchev–Trinajstić information content (AvgIpc) is 3.42. The summed E-state index contributed by atoms with van der Waals surface area (Å²) in [4.78, 5) is 26.1. The van der Waals surface area contributed by atoms with E-state index in [9.17, 15) is 9.59 Å². The molecule has 0 spiro atoms. The molecule has 0 unspecified atom stereocenters. The van der Waals surface area contributed by atoms with Crippen molar-refractivity contribution in [1.29, 1.82) is 0 Å². The van der Waals surface area contributed by atoms with Crippen molar-refractivity contribution < 1.29 is 19.1 Å². The van der Waals surface area contributed by atoms with Crippen molar-refractivity contribution in [2.75, 3.05) is 14.2 Å². The maximum atomic E-state index is 13.1. The zero-order valence-electron chi connectivity index (χ0n) is 25.0. The molecule has 0 N–H and O–H groups in total. The first-order valence-corrected chi connectivity index (χ1v) is 14.8. The van der Waals surface area contributed by atoms with Gasteiger partial charge in [0.15, 0.2) is 0 Å². The summed E-state index contributed by atoms with van der Waals surface area (Å²) in [5.41, 5.74) is 10.2. The van der Waals surface area contributed by atoms with Crippen LogP contribution in [0, 0.1) is 0 Å². The van der Waals surface area contributed by atoms with Gasteiger partial charge in [0.1, 0.15) is 0 Å². The van der Waals surface area contributed by atoms with Crippen molar-refractivity contribution in [2.45, 2.75) is 5.41 Å². The second-order valence-electron chi connectivity index (χ2n) is 11.1. The lowest BCUT2D eigenvalue weighted by Crippen LogP contribution is -2.29. The van der Waals surface area contributed by atoms with Gasteiger partial charge in [-0.05, 0) is 79.9 Å². The van der Waals surface area contributed by atoms with E-state index in [-0.39, 0.29) is 0 Å². The number of rotatable bonds is 6. The maximum Gasteiger partial charge on any atom is 0.338 e. The van der Waals surface area contributed by atoms with Gasteiger partial charge in [0.05, 0.1) is 30.8 Å². The third-order valence-corrected chi connectivity index (χ3v) is 8.84. The van der Waals surface area contributed by atoms with Crippen molar-refractivity contribution >= 4 is 11.9 Å². The SMILES string of the molecule is COC(=O)c1ccc(C2(c3ccc(C(=O)OC)c(-c4ccccc4)c3)c3ccccc3-c3ccccc32)cc1-c1ccccc1. The molecular formula is C41H30O4. The molecular weight excluding hydrogens is 556 g/mol. The van der Waals surface area contributed by atoms with E-state index in [0.29, 0.717) is 11.1 Å². The van der Waals surface area contributed by atoms with Gasteiger partial charge in [0, 0.05) is 0 Å². The van der Waals surface area contributed by atoms with Crippen LogP contribution in [-0.4, -0.2) is 26.2 Å². The third-order valence-electron chi connectivity index (χ3n) is 8.84. The molecule has 0 radical (unpaired) electrons. The fraction of sp³-hybridized carbons (Fsp3) is 0.0732. The molecule has 1 aliphatic rings. The van der Waals surface area contributed by atoms with E-state index in [0.717, 1.165) is 55.6 Å². The van der Waals surface area contributed by atoms with E-state index in [1.165, 1.54) is 14.2 Å². The van der Waals surface area contributed by atoms with Gasteiger partial charge in [-0.25, -0.2) is 9.59 Å². The molecule has 7 rings (SSSR count). The molecule has 0 saturated carbocycles. The highest BCUT2D eigenvalue weighted by Gasteiger charge is 2.46. The van der Waals surface area contributed by atoms with Crippen LogP contribution in [0.15, 0.2) is 146 Å². The fourth-order valence-electron chi connectivity index (χ4n) is 6.87. The number of hydrogen-bond donors (Lipinski definition) is 0. The van der Waals surface area contributed by atoms with E-state index < -0.39 is 17.4 Å². The third kappa shape index (κ3) is 4.46. The largest absolute Gasteiger partial charge is 0.465 e. The summed E-state index contributed by atoms with van der Waals surface area (Å²) in [5, 5.41) is 0. The number of esters is 2. The Bertz CT molecular complexity index is 1910. The van der Waals surface area contributed by atoms with E-state index in [1.54, 1.807) is 0 Å². The first kappa shape index (κ1) is 28.1. The summed E-state index contributed by atoms with van der Waals surface area (Å²) >= 11 is 0. The van der Waals surface area contributed by atoms with Crippen LogP contribution >= 0.6 is 0 Å². The Hall–Kier alpha value is -5.74. The predicted molar refractivity (Wildman–Crippen MR) is 177 cm³/mol. The molecule has 0 bridgehead atoms. The molecule has 0 heterocycles. The molecule has 0 aliphatic heterocycles. The zero-order chi connectivity index (χ0) is 31.0. The van der Waals surface area contributed by atoms with Crippen LogP contribution in [0.25, 0.3) is 33.4 Å². The monoisotopic (exact) mass is 586 g/mol. The van der Waals surface area contributed by atoms with E-state index in [4.69, 9.17) is 9.47 Å². The number of fused-ring (bicyclic) bond motifs is 3. The zero-order valence-corrected chi connectivity index (χ0v) is 25.0. The Morgan fingerprint density at radius 3 is 1.22 bits per heavy atom. The second-order valence-corrected chi connectivity index (χ2v) is 11.1. The van der Waals surface area contributed by atoms with Crippen LogP contribution in [0.5, 0.6) is 0 Å². The normalized spacial score (nSPS) is 12.6. The van der Waals surface area contributed by atoms with Gasteiger partial charge in [0.25, 0.3) is 0 Å². The lowest BCUT2D eigenvalue weighted by Gasteiger charge is -2.35. The molecule has 218 valence electrons. The van der Waals surface area contributed by atoms with Crippen LogP contribution in [0.3, 0.4) is 0 Å². The van der Waals surface area contributed by atoms with Crippen molar-refractivity contribution in [3.8, 4) is 33.4 Å². The Morgan fingerprint density at radius 2 is 0.822 bits per heavy atom. The van der Waals surface area contributed by atoms with Gasteiger partial charge in [-0.3, -0.25) is 0 Å². The Morgan fingerprint density at radius 1 is 0.444 bits per heavy atom. The van der Waals surface area contributed by atoms with Crippen LogP contribution in [0.1, 0.15) is 43.0 Å². The van der Waals surface area contributed by atoms with Crippen molar-refractivity contribution in [1.82, 2.24) is 0 Å². The van der Waals surface area contributed by atoms with Crippen LogP contribution in [0.4, 0.5) is 0 Å². The highest BCUT2D eigenvalue weighted by atomic mass is 16.5. The molecule has 0 aromatic heterocycles. The van der Waals surface area contributed by atoms with E-state index in [1.807, 2.05) is 84.9 Å². The molecule has 0 fully saturated rings. The quantitative estimate of drug-likeness (QED) is 0.183. The summed E-state index contributed by atoms with van der Waals surface area (Å²) in [6.45, 7) is 0. The summed E-state index contributed by atoms with van der Waals surface area (Å²) in [6, 6.07) is 48.9. The highest BCUT2D eigenvalue weighted by Crippen LogP contribution is 2.57. The summed E-state index contributed by atoms with van der Waals surface area (Å²) in [7, 11) is 2.81. The molecule has 0 amide bonds. The minimum Gasteiger partial charge on any atom is -0.465 e. The van der Waals surface area contributed by atoms with Gasteiger partial charge in [-0.1, -0.05) is 121 Å². The average molecular weight is 587 g/mol. The van der Waals surface area contributed by atoms with Crippen molar-refractivity contribution in [3.63, 3.8) is 0 Å². The molecule has 6 aromatic carbocycles. The number of carbonyl (C=O) groups is 2. The molecule has 0 atom stereocenters. The van der Waals surface area contributed by atoms with Gasteiger partial charge < -0.3 is 9.47 Å². The minimum atomic E-state index is -0.760. The number of benzene rings is 6. The Kier molecular flexibility index (Phi) is 7.11. The molecule has 4 nitrogen and oxygen atoms in total. The topological polar surface area (TPSA) is 52.6 Å². The predicted octanol–water partition coefficient (Wildman–Crippen LogP) is 8.96. The van der Waals surface area contributed by atoms with E-state index in [2.05, 4.69) is 60.7 Å². The highest BCUT2D eigenvalue weighted by molar-refractivity contribution is 5.99. The van der Waals surface area contributed by atoms with Crippen LogP contribution in [-0.2, 0) is 14.9 Å². The molecule has 0 saturated heterocycles. The van der Waals surface area contributed by atoms with Crippen LogP contribution in [0.2, 0.25) is 0 Å². The van der Waals surface area contributed by atoms with Gasteiger partial charge in [0.2, 0.25) is 0 Å². The number of ether oxygens (including phenoxy) is 2. The first-order chi connectivity index (χ1) is 22.1. The Balaban J connectivity index is 1.60. The molecule has 6 aromatic rings. The lowest BCUT2D eigenvalue weighted by molar-refractivity contribution is 0.0592. The Labute approximate surface area is 262 Å². The summed E-state index contributed by atoms with van der Waals surface area (Å²) in [5.74, 6) is -0.786. The minimum absolute atomic E-state index is 0.393. The lowest BCUT2D eigenvalue weighted by atomic mass is 9.66. The smallest absolute Gasteiger partial charge is 0.338 e. The first-order valence-electron chi connectivity index (χ1n) is 14.8. The number of hydrogen-bond acceptors (Lipinski definition) is 4. The fourth-order valence-corrected chi connectivity index (χ4v) is 6.87. The second kappa shape index (κ2) is 11.4. The van der Waals surface area contributed by atoms with Gasteiger partial charge in [-0.2, -0.15) is 0 Å². The summed E-state index contributed by atoms with van der Waals surface area (Å²) in [6.07, 6.45) is 0. The number of methoxy groups -OCH3 is 2. The maximum absolute atomic E-state index is 13.1. The van der Waals surface area contributed by atoms with Gasteiger partial charge in [-0.15, -0.1) is 0 Å². The summed E-state index contributed by atoms with van der Waals surface area (Å²) < 4.78 is 10.4. The molecule has 1 aliphatic carbocycles. The molecule has 4 heteroatoms. The number of carbonyl (C=O) groups excluding carboxylic acids is 2. The van der Waals surface area contributed by atoms with Crippen molar-refractivity contribution in [2.24, 2.45) is 0 Å². The van der Waals surface area contributed by atoms with Crippen LogP contribution < -0.4 is 0 Å². The standard InChI is InChI=1S/C41H30O4/c1-44-39(42)33-23-21-29(25-35(33)27-13-5-3-6-14-27)41(37-19-11-9-17-31(37)32-18-10-12-20-38(32)41)30-22-24-34(40(43)45-2)36(26-30)28-15-7-4-8-16-28/h3-26H,1-2H3. The van der Waals surface area contributed by atoms with Gasteiger partial charge >= 0.3 is 11.9 Å². The van der Waals surface area contributed by atoms with Crippen molar-refractivity contribution in [3.05, 3.63) is 179 Å².